The number of hydrogen-bond donors (Lipinski definition) is 1. The Labute approximate surface area is 128 Å². The molecule has 1 N–H and O–H groups in total. The quantitative estimate of drug-likeness (QED) is 0.626. The molecular formula is C19H25NO. The van der Waals surface area contributed by atoms with Gasteiger partial charge in [0.15, 0.2) is 0 Å². The SMILES string of the molecule is CC(C)CNC(=O)/C=C/C=C/CC1Cc2ccccc2C1. The van der Waals surface area contributed by atoms with Crippen LogP contribution < -0.4 is 5.32 Å². The first-order valence-electron chi connectivity index (χ1n) is 7.83. The van der Waals surface area contributed by atoms with E-state index in [1.54, 1.807) is 6.08 Å². The molecule has 2 rings (SSSR count). The number of allylic oxidation sites excluding steroid dienone is 3. The van der Waals surface area contributed by atoms with Crippen molar-refractivity contribution in [2.45, 2.75) is 33.1 Å². The lowest BCUT2D eigenvalue weighted by Gasteiger charge is -2.04. The molecule has 0 saturated heterocycles. The number of benzene rings is 1. The summed E-state index contributed by atoms with van der Waals surface area (Å²) in [6.45, 7) is 4.90. The summed E-state index contributed by atoms with van der Waals surface area (Å²) in [5.41, 5.74) is 3.00. The van der Waals surface area contributed by atoms with Crippen LogP contribution in [0.3, 0.4) is 0 Å². The predicted molar refractivity (Wildman–Crippen MR) is 88.1 cm³/mol. The molecule has 0 heterocycles. The van der Waals surface area contributed by atoms with Crippen molar-refractivity contribution in [3.8, 4) is 0 Å². The summed E-state index contributed by atoms with van der Waals surface area (Å²) in [6, 6.07) is 8.71. The van der Waals surface area contributed by atoms with E-state index in [1.807, 2.05) is 12.2 Å². The van der Waals surface area contributed by atoms with E-state index in [-0.39, 0.29) is 5.91 Å². The topological polar surface area (TPSA) is 29.1 Å². The van der Waals surface area contributed by atoms with E-state index in [9.17, 15) is 4.79 Å². The van der Waals surface area contributed by atoms with Gasteiger partial charge < -0.3 is 5.32 Å². The Morgan fingerprint density at radius 1 is 1.24 bits per heavy atom. The van der Waals surface area contributed by atoms with Gasteiger partial charge in [0.2, 0.25) is 5.91 Å². The van der Waals surface area contributed by atoms with Gasteiger partial charge >= 0.3 is 0 Å². The molecule has 0 aromatic heterocycles. The van der Waals surface area contributed by atoms with Crippen molar-refractivity contribution in [2.75, 3.05) is 6.54 Å². The normalized spacial score (nSPS) is 15.2. The zero-order chi connectivity index (χ0) is 15.1. The molecule has 1 aromatic carbocycles. The Bertz CT molecular complexity index is 503. The Hall–Kier alpha value is -1.83. The summed E-state index contributed by atoms with van der Waals surface area (Å²) in [7, 11) is 0. The maximum absolute atomic E-state index is 11.5. The number of nitrogens with one attached hydrogen (secondary N) is 1. The second-order valence-corrected chi connectivity index (χ2v) is 6.20. The molecule has 1 aliphatic carbocycles. The van der Waals surface area contributed by atoms with Crippen LogP contribution in [0.15, 0.2) is 48.6 Å². The lowest BCUT2D eigenvalue weighted by atomic mass is 10.0. The summed E-state index contributed by atoms with van der Waals surface area (Å²) in [4.78, 5) is 11.5. The van der Waals surface area contributed by atoms with Crippen molar-refractivity contribution in [1.29, 1.82) is 0 Å². The van der Waals surface area contributed by atoms with Crippen molar-refractivity contribution in [3.63, 3.8) is 0 Å². The molecule has 0 spiro atoms. The number of hydrogen-bond acceptors (Lipinski definition) is 1. The Kier molecular flexibility index (Phi) is 5.79. The van der Waals surface area contributed by atoms with Crippen LogP contribution >= 0.6 is 0 Å². The molecule has 0 atom stereocenters. The second kappa shape index (κ2) is 7.82. The number of rotatable bonds is 6. The van der Waals surface area contributed by atoms with Crippen LogP contribution in [-0.2, 0) is 17.6 Å². The smallest absolute Gasteiger partial charge is 0.243 e. The van der Waals surface area contributed by atoms with Gasteiger partial charge in [0, 0.05) is 12.6 Å². The van der Waals surface area contributed by atoms with Crippen LogP contribution in [0.1, 0.15) is 31.4 Å². The minimum Gasteiger partial charge on any atom is -0.352 e. The monoisotopic (exact) mass is 283 g/mol. The van der Waals surface area contributed by atoms with E-state index in [4.69, 9.17) is 0 Å². The third-order valence-corrected chi connectivity index (χ3v) is 3.78. The summed E-state index contributed by atoms with van der Waals surface area (Å²) in [6.07, 6.45) is 11.0. The second-order valence-electron chi connectivity index (χ2n) is 6.20. The molecule has 2 nitrogen and oxygen atoms in total. The van der Waals surface area contributed by atoms with Crippen LogP contribution in [0.5, 0.6) is 0 Å². The zero-order valence-electron chi connectivity index (χ0n) is 13.0. The molecule has 0 unspecified atom stereocenters. The van der Waals surface area contributed by atoms with E-state index in [0.29, 0.717) is 11.8 Å². The highest BCUT2D eigenvalue weighted by Gasteiger charge is 2.19. The third-order valence-electron chi connectivity index (χ3n) is 3.78. The molecule has 1 amide bonds. The number of fused-ring (bicyclic) bond motifs is 1. The highest BCUT2D eigenvalue weighted by atomic mass is 16.1. The molecule has 0 radical (unpaired) electrons. The molecule has 21 heavy (non-hydrogen) atoms. The highest BCUT2D eigenvalue weighted by molar-refractivity contribution is 5.87. The van der Waals surface area contributed by atoms with Crippen LogP contribution in [0.4, 0.5) is 0 Å². The number of amides is 1. The Morgan fingerprint density at radius 3 is 2.52 bits per heavy atom. The van der Waals surface area contributed by atoms with Crippen molar-refractivity contribution < 1.29 is 4.79 Å². The fraction of sp³-hybridized carbons (Fsp3) is 0.421. The first-order valence-corrected chi connectivity index (χ1v) is 7.83. The van der Waals surface area contributed by atoms with Crippen LogP contribution in [-0.4, -0.2) is 12.5 Å². The summed E-state index contributed by atoms with van der Waals surface area (Å²) < 4.78 is 0. The van der Waals surface area contributed by atoms with Crippen LogP contribution in [0.2, 0.25) is 0 Å². The van der Waals surface area contributed by atoms with Gasteiger partial charge in [0.25, 0.3) is 0 Å². The van der Waals surface area contributed by atoms with E-state index < -0.39 is 0 Å². The first kappa shape index (κ1) is 15.6. The van der Waals surface area contributed by atoms with Gasteiger partial charge in [0.1, 0.15) is 0 Å². The van der Waals surface area contributed by atoms with Gasteiger partial charge in [-0.3, -0.25) is 4.79 Å². The predicted octanol–water partition coefficient (Wildman–Crippen LogP) is 3.68. The van der Waals surface area contributed by atoms with Crippen molar-refractivity contribution in [3.05, 3.63) is 59.7 Å². The fourth-order valence-corrected chi connectivity index (χ4v) is 2.67. The van der Waals surface area contributed by atoms with Crippen molar-refractivity contribution >= 4 is 5.91 Å². The van der Waals surface area contributed by atoms with E-state index in [1.165, 1.54) is 24.0 Å². The molecular weight excluding hydrogens is 258 g/mol. The molecule has 1 aliphatic rings. The lowest BCUT2D eigenvalue weighted by Crippen LogP contribution is -2.25. The van der Waals surface area contributed by atoms with E-state index in [2.05, 4.69) is 49.5 Å². The van der Waals surface area contributed by atoms with Gasteiger partial charge in [-0.1, -0.05) is 56.3 Å². The molecule has 0 aliphatic heterocycles. The zero-order valence-corrected chi connectivity index (χ0v) is 13.0. The first-order chi connectivity index (χ1) is 10.1. The van der Waals surface area contributed by atoms with Gasteiger partial charge in [-0.2, -0.15) is 0 Å². The average molecular weight is 283 g/mol. The maximum Gasteiger partial charge on any atom is 0.243 e. The maximum atomic E-state index is 11.5. The standard InChI is InChI=1S/C19H25NO/c1-15(2)14-20-19(21)11-5-3-4-8-16-12-17-9-6-7-10-18(17)13-16/h3-7,9-11,15-16H,8,12-14H2,1-2H3,(H,20,21)/b4-3+,11-5+. The average Bonchev–Trinajstić information content (AvgIpc) is 2.87. The van der Waals surface area contributed by atoms with Gasteiger partial charge in [-0.15, -0.1) is 0 Å². The molecule has 1 aromatic rings. The van der Waals surface area contributed by atoms with E-state index in [0.717, 1.165) is 13.0 Å². The van der Waals surface area contributed by atoms with Crippen LogP contribution in [0.25, 0.3) is 0 Å². The van der Waals surface area contributed by atoms with Gasteiger partial charge in [-0.05, 0) is 42.2 Å². The van der Waals surface area contributed by atoms with Crippen LogP contribution in [0, 0.1) is 11.8 Å². The Morgan fingerprint density at radius 2 is 1.90 bits per heavy atom. The minimum absolute atomic E-state index is 0.0124. The molecule has 112 valence electrons. The van der Waals surface area contributed by atoms with Gasteiger partial charge in [-0.25, -0.2) is 0 Å². The van der Waals surface area contributed by atoms with Crippen molar-refractivity contribution in [1.82, 2.24) is 5.32 Å². The molecule has 0 bridgehead atoms. The van der Waals surface area contributed by atoms with Crippen molar-refractivity contribution in [2.24, 2.45) is 11.8 Å². The van der Waals surface area contributed by atoms with E-state index >= 15 is 0 Å². The van der Waals surface area contributed by atoms with Gasteiger partial charge in [0.05, 0.1) is 0 Å². The largest absolute Gasteiger partial charge is 0.352 e. The fourth-order valence-electron chi connectivity index (χ4n) is 2.67. The number of carbonyl (C=O) groups is 1. The summed E-state index contributed by atoms with van der Waals surface area (Å²) in [5.74, 6) is 1.19. The third kappa shape index (κ3) is 5.22. The minimum atomic E-state index is -0.0124. The Balaban J connectivity index is 1.69. The lowest BCUT2D eigenvalue weighted by molar-refractivity contribution is -0.116. The molecule has 0 fully saturated rings. The molecule has 2 heteroatoms. The summed E-state index contributed by atoms with van der Waals surface area (Å²) >= 11 is 0. The number of carbonyl (C=O) groups excluding carboxylic acids is 1. The summed E-state index contributed by atoms with van der Waals surface area (Å²) in [5, 5.41) is 2.87. The highest BCUT2D eigenvalue weighted by Crippen LogP contribution is 2.28. The molecule has 0 saturated carbocycles.